The van der Waals surface area contributed by atoms with Gasteiger partial charge in [-0.05, 0) is 31.9 Å². The van der Waals surface area contributed by atoms with E-state index in [2.05, 4.69) is 9.82 Å². The second-order valence-electron chi connectivity index (χ2n) is 6.91. The van der Waals surface area contributed by atoms with Crippen LogP contribution in [0.15, 0.2) is 53.4 Å². The van der Waals surface area contributed by atoms with Gasteiger partial charge in [0.05, 0.1) is 22.8 Å². The maximum atomic E-state index is 12.9. The van der Waals surface area contributed by atoms with E-state index >= 15 is 0 Å². The summed E-state index contributed by atoms with van der Waals surface area (Å²) in [6, 6.07) is 15.1. The van der Waals surface area contributed by atoms with Crippen molar-refractivity contribution in [2.24, 2.45) is 0 Å². The van der Waals surface area contributed by atoms with Gasteiger partial charge in [0.1, 0.15) is 5.01 Å². The summed E-state index contributed by atoms with van der Waals surface area (Å²) in [4.78, 5) is 5.79. The molecule has 1 N–H and O–H groups in total. The molecule has 2 aromatic heterocycles. The topological polar surface area (TPSA) is 76.4 Å². The van der Waals surface area contributed by atoms with Crippen LogP contribution in [0.5, 0.6) is 0 Å². The van der Waals surface area contributed by atoms with Crippen LogP contribution in [0.4, 0.5) is 0 Å². The minimum Gasteiger partial charge on any atom is -0.217 e. The monoisotopic (exact) mass is 426 g/mol. The van der Waals surface area contributed by atoms with Crippen LogP contribution >= 0.6 is 11.3 Å². The average molecular weight is 427 g/mol. The number of aromatic nitrogens is 3. The van der Waals surface area contributed by atoms with Crippen LogP contribution in [0.2, 0.25) is 0 Å². The van der Waals surface area contributed by atoms with Gasteiger partial charge >= 0.3 is 0 Å². The van der Waals surface area contributed by atoms with Crippen molar-refractivity contribution in [1.82, 2.24) is 19.3 Å². The summed E-state index contributed by atoms with van der Waals surface area (Å²) in [5.41, 5.74) is 4.16. The average Bonchev–Trinajstić information content (AvgIpc) is 3.24. The Hall–Kier alpha value is -2.55. The lowest BCUT2D eigenvalue weighted by molar-refractivity contribution is 0.579. The zero-order valence-electron chi connectivity index (χ0n) is 16.5. The van der Waals surface area contributed by atoms with Crippen LogP contribution in [-0.2, 0) is 23.0 Å². The van der Waals surface area contributed by atoms with Crippen molar-refractivity contribution in [1.29, 1.82) is 0 Å². The highest BCUT2D eigenvalue weighted by Crippen LogP contribution is 2.27. The van der Waals surface area contributed by atoms with Crippen molar-refractivity contribution in [3.8, 4) is 11.3 Å². The van der Waals surface area contributed by atoms with Crippen molar-refractivity contribution in [3.05, 3.63) is 70.4 Å². The standard InChI is InChI=1S/C21H22N4O2S2/c1-4-19-24-25-17(20(23-21(25)28-19)16-8-6-5-7-9-16)13-22-29(26,27)18-11-10-14(2)12-15(18)3/h5-12,22H,4,13H2,1-3H3. The summed E-state index contributed by atoms with van der Waals surface area (Å²) < 4.78 is 30.4. The van der Waals surface area contributed by atoms with E-state index in [9.17, 15) is 8.42 Å². The van der Waals surface area contributed by atoms with E-state index in [0.29, 0.717) is 0 Å². The van der Waals surface area contributed by atoms with Crippen molar-refractivity contribution in [2.45, 2.75) is 38.6 Å². The molecule has 0 amide bonds. The van der Waals surface area contributed by atoms with E-state index in [0.717, 1.165) is 44.5 Å². The highest BCUT2D eigenvalue weighted by molar-refractivity contribution is 7.89. The molecule has 4 aromatic rings. The molecule has 29 heavy (non-hydrogen) atoms. The fraction of sp³-hybridized carbons (Fsp3) is 0.238. The number of nitrogens with one attached hydrogen (secondary N) is 1. The third-order valence-corrected chi connectivity index (χ3v) is 7.35. The molecule has 0 saturated heterocycles. The number of rotatable bonds is 6. The Bertz CT molecular complexity index is 1280. The lowest BCUT2D eigenvalue weighted by Crippen LogP contribution is -2.25. The van der Waals surface area contributed by atoms with Crippen LogP contribution in [0.1, 0.15) is 28.8 Å². The van der Waals surface area contributed by atoms with Crippen molar-refractivity contribution in [2.75, 3.05) is 0 Å². The van der Waals surface area contributed by atoms with Crippen LogP contribution in [0.25, 0.3) is 16.2 Å². The zero-order chi connectivity index (χ0) is 20.6. The number of sulfonamides is 1. The third-order valence-electron chi connectivity index (χ3n) is 4.74. The molecule has 150 valence electrons. The molecule has 8 heteroatoms. The first kappa shape index (κ1) is 19.8. The Balaban J connectivity index is 1.73. The molecular weight excluding hydrogens is 404 g/mol. The maximum Gasteiger partial charge on any atom is 0.241 e. The molecule has 0 fully saturated rings. The van der Waals surface area contributed by atoms with Gasteiger partial charge in [-0.25, -0.2) is 22.6 Å². The second-order valence-corrected chi connectivity index (χ2v) is 9.69. The molecule has 6 nitrogen and oxygen atoms in total. The first-order chi connectivity index (χ1) is 13.9. The van der Waals surface area contributed by atoms with Gasteiger partial charge in [0, 0.05) is 5.56 Å². The van der Waals surface area contributed by atoms with Gasteiger partial charge in [0.2, 0.25) is 15.0 Å². The number of aryl methyl sites for hydroxylation is 3. The molecular formula is C21H22N4O2S2. The summed E-state index contributed by atoms with van der Waals surface area (Å²) >= 11 is 1.52. The van der Waals surface area contributed by atoms with Crippen molar-refractivity contribution in [3.63, 3.8) is 0 Å². The van der Waals surface area contributed by atoms with E-state index in [1.54, 1.807) is 10.6 Å². The third kappa shape index (κ3) is 3.83. The smallest absolute Gasteiger partial charge is 0.217 e. The molecule has 4 rings (SSSR count). The molecule has 0 aliphatic rings. The van der Waals surface area contributed by atoms with E-state index in [4.69, 9.17) is 4.98 Å². The van der Waals surface area contributed by atoms with Gasteiger partial charge in [0.25, 0.3) is 0 Å². The van der Waals surface area contributed by atoms with Gasteiger partial charge in [-0.3, -0.25) is 0 Å². The predicted molar refractivity (Wildman–Crippen MR) is 116 cm³/mol. The highest BCUT2D eigenvalue weighted by Gasteiger charge is 2.22. The Morgan fingerprint density at radius 3 is 2.55 bits per heavy atom. The molecule has 0 bridgehead atoms. The molecule has 0 aliphatic carbocycles. The van der Waals surface area contributed by atoms with Crippen LogP contribution in [0, 0.1) is 13.8 Å². The number of hydrogen-bond acceptors (Lipinski definition) is 5. The van der Waals surface area contributed by atoms with Crippen LogP contribution in [0.3, 0.4) is 0 Å². The first-order valence-corrected chi connectivity index (χ1v) is 11.7. The summed E-state index contributed by atoms with van der Waals surface area (Å²) in [6.07, 6.45) is 0.808. The Morgan fingerprint density at radius 2 is 1.86 bits per heavy atom. The van der Waals surface area contributed by atoms with Crippen molar-refractivity contribution >= 4 is 26.3 Å². The normalized spacial score (nSPS) is 12.0. The first-order valence-electron chi connectivity index (χ1n) is 9.38. The van der Waals surface area contributed by atoms with Gasteiger partial charge < -0.3 is 0 Å². The quantitative estimate of drug-likeness (QED) is 0.503. The SMILES string of the molecule is CCc1nn2c(CNS(=O)(=O)c3ccc(C)cc3C)c(-c3ccccc3)nc2s1. The Morgan fingerprint density at radius 1 is 1.10 bits per heavy atom. The van der Waals surface area contributed by atoms with E-state index in [1.165, 1.54) is 11.3 Å². The summed E-state index contributed by atoms with van der Waals surface area (Å²) in [6.45, 7) is 5.90. The molecule has 0 saturated carbocycles. The fourth-order valence-corrected chi connectivity index (χ4v) is 5.36. The van der Waals surface area contributed by atoms with Gasteiger partial charge in [0.15, 0.2) is 0 Å². The minimum absolute atomic E-state index is 0.105. The fourth-order valence-electron chi connectivity index (χ4n) is 3.30. The maximum absolute atomic E-state index is 12.9. The Labute approximate surface area is 174 Å². The molecule has 0 spiro atoms. The van der Waals surface area contributed by atoms with Gasteiger partial charge in [-0.2, -0.15) is 5.10 Å². The number of hydrogen-bond donors (Lipinski definition) is 1. The second kappa shape index (κ2) is 7.70. The number of benzene rings is 2. The van der Waals surface area contributed by atoms with E-state index in [-0.39, 0.29) is 11.4 Å². The summed E-state index contributed by atoms with van der Waals surface area (Å²) in [5, 5.41) is 5.58. The van der Waals surface area contributed by atoms with Crippen molar-refractivity contribution < 1.29 is 8.42 Å². The molecule has 0 aliphatic heterocycles. The highest BCUT2D eigenvalue weighted by atomic mass is 32.2. The number of fused-ring (bicyclic) bond motifs is 1. The summed E-state index contributed by atoms with van der Waals surface area (Å²) in [5.74, 6) is 0. The Kier molecular flexibility index (Phi) is 5.24. The molecule has 2 aromatic carbocycles. The number of imidazole rings is 1. The largest absolute Gasteiger partial charge is 0.241 e. The van der Waals surface area contributed by atoms with Gasteiger partial charge in [-0.1, -0.05) is 66.3 Å². The minimum atomic E-state index is -3.67. The lowest BCUT2D eigenvalue weighted by Gasteiger charge is -2.10. The van der Waals surface area contributed by atoms with Gasteiger partial charge in [-0.15, -0.1) is 0 Å². The molecule has 0 radical (unpaired) electrons. The van der Waals surface area contributed by atoms with Crippen LogP contribution < -0.4 is 4.72 Å². The molecule has 0 unspecified atom stereocenters. The number of nitrogens with zero attached hydrogens (tertiary/aromatic N) is 3. The summed E-state index contributed by atoms with van der Waals surface area (Å²) in [7, 11) is -3.67. The predicted octanol–water partition coefficient (Wildman–Crippen LogP) is 4.12. The lowest BCUT2D eigenvalue weighted by atomic mass is 10.1. The zero-order valence-corrected chi connectivity index (χ0v) is 18.1. The molecule has 2 heterocycles. The van der Waals surface area contributed by atoms with E-state index in [1.807, 2.05) is 63.2 Å². The van der Waals surface area contributed by atoms with E-state index < -0.39 is 10.0 Å². The molecule has 0 atom stereocenters. The van der Waals surface area contributed by atoms with Crippen LogP contribution in [-0.4, -0.2) is 23.0 Å².